The van der Waals surface area contributed by atoms with E-state index in [1.165, 1.54) is 12.8 Å². The first-order chi connectivity index (χ1) is 22.9. The van der Waals surface area contributed by atoms with Crippen LogP contribution in [0.4, 0.5) is 0 Å². The van der Waals surface area contributed by atoms with Gasteiger partial charge in [-0.3, -0.25) is 4.79 Å². The third-order valence-corrected chi connectivity index (χ3v) is 16.5. The fourth-order valence-corrected chi connectivity index (χ4v) is 14.0. The molecule has 0 radical (unpaired) electrons. The van der Waals surface area contributed by atoms with E-state index < -0.39 is 30.2 Å². The van der Waals surface area contributed by atoms with E-state index in [0.29, 0.717) is 43.8 Å². The summed E-state index contributed by atoms with van der Waals surface area (Å²) in [5, 5.41) is 34.2. The highest BCUT2D eigenvalue weighted by atomic mass is 16.7. The second kappa shape index (κ2) is 11.0. The van der Waals surface area contributed by atoms with Gasteiger partial charge >= 0.3 is 0 Å². The molecule has 7 aliphatic rings. The van der Waals surface area contributed by atoms with E-state index in [1.54, 1.807) is 30.8 Å². The zero-order valence-electron chi connectivity index (χ0n) is 31.0. The molecule has 5 aliphatic carbocycles. The molecule has 14 atom stereocenters. The Morgan fingerprint density at radius 2 is 1.82 bits per heavy atom. The molecule has 8 rings (SSSR count). The predicted octanol–water partition coefficient (Wildman–Crippen LogP) is 4.55. The van der Waals surface area contributed by atoms with Crippen LogP contribution in [0.25, 0.3) is 0 Å². The van der Waals surface area contributed by atoms with Crippen LogP contribution in [0.2, 0.25) is 0 Å². The minimum Gasteiger partial charge on any atom is -0.390 e. The van der Waals surface area contributed by atoms with Crippen molar-refractivity contribution in [3.05, 3.63) is 18.2 Å². The molecule has 1 amide bonds. The lowest BCUT2D eigenvalue weighted by molar-refractivity contribution is -0.245. The number of nitrogens with zero attached hydrogens (tertiary/aromatic N) is 3. The Hall–Kier alpha value is -1.56. The van der Waals surface area contributed by atoms with E-state index in [2.05, 4.69) is 39.6 Å². The van der Waals surface area contributed by atoms with Gasteiger partial charge in [0.2, 0.25) is 0 Å². The second-order valence-electron chi connectivity index (χ2n) is 19.2. The van der Waals surface area contributed by atoms with Crippen molar-refractivity contribution >= 4 is 5.91 Å². The van der Waals surface area contributed by atoms with Crippen LogP contribution in [0.1, 0.15) is 110 Å². The summed E-state index contributed by atoms with van der Waals surface area (Å²) in [6.45, 7) is 16.6. The van der Waals surface area contributed by atoms with Gasteiger partial charge < -0.3 is 39.0 Å². The third kappa shape index (κ3) is 4.52. The number of hydrogen-bond acceptors (Lipinski definition) is 8. The van der Waals surface area contributed by atoms with Crippen molar-refractivity contribution < 1.29 is 34.3 Å². The zero-order chi connectivity index (χ0) is 35.1. The zero-order valence-corrected chi connectivity index (χ0v) is 31.0. The smallest absolute Gasteiger partial charge is 0.290 e. The number of imidazole rings is 1. The highest BCUT2D eigenvalue weighted by Gasteiger charge is 2.84. The Morgan fingerprint density at radius 1 is 1.10 bits per heavy atom. The number of rotatable bonds is 5. The summed E-state index contributed by atoms with van der Waals surface area (Å²) in [6, 6.07) is 0. The summed E-state index contributed by atoms with van der Waals surface area (Å²) in [5.74, 6) is 1.81. The van der Waals surface area contributed by atoms with Crippen LogP contribution in [0, 0.1) is 50.7 Å². The summed E-state index contributed by atoms with van der Waals surface area (Å²) in [5.41, 5.74) is -1.17. The number of morpholine rings is 1. The number of amides is 1. The summed E-state index contributed by atoms with van der Waals surface area (Å²) in [4.78, 5) is 19.3. The van der Waals surface area contributed by atoms with Gasteiger partial charge in [-0.2, -0.15) is 0 Å². The number of ether oxygens (including phenoxy) is 3. The molecule has 274 valence electrons. The molecular weight excluding hydrogens is 622 g/mol. The first-order valence-corrected chi connectivity index (χ1v) is 19.2. The van der Waals surface area contributed by atoms with E-state index in [-0.39, 0.29) is 57.0 Å². The Morgan fingerprint density at radius 3 is 2.51 bits per heavy atom. The molecular formula is C39H61N3O7. The number of aromatic nitrogens is 2. The van der Waals surface area contributed by atoms with Crippen LogP contribution in [-0.2, 0) is 21.3 Å². The average Bonchev–Trinajstić information content (AvgIpc) is 3.45. The molecule has 3 N–H and O–H groups in total. The van der Waals surface area contributed by atoms with Gasteiger partial charge in [0.15, 0.2) is 12.1 Å². The fourth-order valence-electron chi connectivity index (χ4n) is 14.0. The number of aliphatic hydroxyl groups is 3. The molecule has 2 spiro atoms. The van der Waals surface area contributed by atoms with Crippen LogP contribution in [-0.4, -0.2) is 97.8 Å². The van der Waals surface area contributed by atoms with Crippen LogP contribution in [0.5, 0.6) is 0 Å². The Bertz CT molecular complexity index is 1470. The highest BCUT2D eigenvalue weighted by Crippen LogP contribution is 2.89. The van der Waals surface area contributed by atoms with Crippen molar-refractivity contribution in [1.29, 1.82) is 0 Å². The standard InChI is InChI=1S/C39H61N3O7/c1-22-19-23(30(43)35(4,5)46)48-29-28(22)36(6)13-14-39-21-38(39)12-11-26(34(2,3)24(38)9-10-25(39)37(36,7)31(29)44)49-27-20-42(17-18-47-27)33(45)32-40-15-16-41(32)8/h15-16,22-31,43-44,46H,9-14,17-21H2,1-8H3/t22-,23-,24+,25+,26+,27+,28+,29+,30+,31+,36-,37-,38-,39+/m1/s1. The van der Waals surface area contributed by atoms with Crippen molar-refractivity contribution in [3.8, 4) is 0 Å². The molecule has 2 saturated heterocycles. The van der Waals surface area contributed by atoms with E-state index >= 15 is 0 Å². The molecule has 49 heavy (non-hydrogen) atoms. The van der Waals surface area contributed by atoms with Crippen molar-refractivity contribution in [2.24, 2.45) is 57.8 Å². The number of carbonyl (C=O) groups excluding carboxylic acids is 1. The van der Waals surface area contributed by atoms with Gasteiger partial charge in [-0.25, -0.2) is 4.98 Å². The number of fused-ring (bicyclic) bond motifs is 4. The van der Waals surface area contributed by atoms with E-state index in [0.717, 1.165) is 32.1 Å². The maximum Gasteiger partial charge on any atom is 0.290 e. The van der Waals surface area contributed by atoms with Crippen LogP contribution in [0.3, 0.4) is 0 Å². The largest absolute Gasteiger partial charge is 0.390 e. The molecule has 10 heteroatoms. The van der Waals surface area contributed by atoms with Gasteiger partial charge in [-0.05, 0) is 111 Å². The van der Waals surface area contributed by atoms with Crippen LogP contribution < -0.4 is 0 Å². The average molecular weight is 684 g/mol. The molecule has 5 saturated carbocycles. The van der Waals surface area contributed by atoms with Gasteiger partial charge in [0.1, 0.15) is 6.10 Å². The third-order valence-electron chi connectivity index (χ3n) is 16.5. The fraction of sp³-hybridized carbons (Fsp3) is 0.897. The molecule has 1 aromatic heterocycles. The first kappa shape index (κ1) is 34.5. The summed E-state index contributed by atoms with van der Waals surface area (Å²) in [6.07, 6.45) is 9.19. The minimum atomic E-state index is -1.26. The van der Waals surface area contributed by atoms with Crippen molar-refractivity contribution in [2.45, 2.75) is 142 Å². The monoisotopic (exact) mass is 683 g/mol. The van der Waals surface area contributed by atoms with Crippen LogP contribution >= 0.6 is 0 Å². The second-order valence-corrected chi connectivity index (χ2v) is 19.2. The molecule has 1 aromatic rings. The number of hydrogen-bond donors (Lipinski definition) is 3. The van der Waals surface area contributed by atoms with Gasteiger partial charge in [-0.1, -0.05) is 34.6 Å². The summed E-state index contributed by atoms with van der Waals surface area (Å²) < 4.78 is 21.4. The Kier molecular flexibility index (Phi) is 7.74. The first-order valence-electron chi connectivity index (χ1n) is 19.2. The molecule has 3 heterocycles. The molecule has 0 unspecified atom stereocenters. The van der Waals surface area contributed by atoms with Crippen molar-refractivity contribution in [2.75, 3.05) is 19.7 Å². The lowest BCUT2D eigenvalue weighted by Crippen LogP contribution is -2.60. The van der Waals surface area contributed by atoms with Crippen molar-refractivity contribution in [3.63, 3.8) is 0 Å². The molecule has 0 aromatic carbocycles. The quantitative estimate of drug-likeness (QED) is 0.413. The lowest BCUT2D eigenvalue weighted by atomic mass is 9.41. The highest BCUT2D eigenvalue weighted by molar-refractivity contribution is 5.90. The summed E-state index contributed by atoms with van der Waals surface area (Å²) in [7, 11) is 1.84. The van der Waals surface area contributed by atoms with Crippen molar-refractivity contribution in [1.82, 2.24) is 14.5 Å². The number of aryl methyl sites for hydroxylation is 1. The van der Waals surface area contributed by atoms with Crippen LogP contribution in [0.15, 0.2) is 12.4 Å². The minimum absolute atomic E-state index is 0.0447. The van der Waals surface area contributed by atoms with Gasteiger partial charge in [0.25, 0.3) is 5.91 Å². The topological polar surface area (TPSA) is 127 Å². The summed E-state index contributed by atoms with van der Waals surface area (Å²) >= 11 is 0. The van der Waals surface area contributed by atoms with E-state index in [1.807, 2.05) is 11.9 Å². The van der Waals surface area contributed by atoms with Gasteiger partial charge in [0.05, 0.1) is 43.2 Å². The van der Waals surface area contributed by atoms with Gasteiger partial charge in [-0.15, -0.1) is 0 Å². The number of carbonyl (C=O) groups is 1. The maximum atomic E-state index is 13.2. The molecule has 0 bridgehead atoms. The molecule has 10 nitrogen and oxygen atoms in total. The molecule has 7 fully saturated rings. The normalized spacial score (nSPS) is 49.2. The predicted molar refractivity (Wildman–Crippen MR) is 182 cm³/mol. The van der Waals surface area contributed by atoms with Gasteiger partial charge in [0, 0.05) is 31.4 Å². The lowest BCUT2D eigenvalue weighted by Gasteiger charge is -2.64. The molecule has 2 aliphatic heterocycles. The number of aliphatic hydroxyl groups excluding tert-OH is 2. The SMILES string of the molecule is C[C@@H]1C[C@H]([C@H](O)C(C)(C)O)O[C@H]2[C@H]1[C@@]1(C)CC[C@@]34C[C@@]35CC[C@H](O[C@H]3CN(C(=O)c6nccn6C)CCO3)C(C)(C)[C@@H]5CC[C@H]4[C@]1(C)[C@H]2O. The Labute approximate surface area is 292 Å². The maximum absolute atomic E-state index is 13.2. The Balaban J connectivity index is 1.01. The van der Waals surface area contributed by atoms with E-state index in [9.17, 15) is 20.1 Å². The van der Waals surface area contributed by atoms with E-state index in [4.69, 9.17) is 14.2 Å².